The number of hydrogen-bond acceptors (Lipinski definition) is 2. The van der Waals surface area contributed by atoms with E-state index in [4.69, 9.17) is 9.90 Å². The van der Waals surface area contributed by atoms with E-state index < -0.39 is 12.1 Å². The topological polar surface area (TPSA) is 49.3 Å². The van der Waals surface area contributed by atoms with E-state index in [1.165, 1.54) is 31.4 Å². The van der Waals surface area contributed by atoms with Crippen molar-refractivity contribution < 1.29 is 23.1 Å². The van der Waals surface area contributed by atoms with Gasteiger partial charge in [-0.05, 0) is 43.5 Å². The quantitative estimate of drug-likeness (QED) is 0.875. The molecule has 1 aromatic carbocycles. The van der Waals surface area contributed by atoms with Crippen LogP contribution in [0.25, 0.3) is 0 Å². The molecular weight excluding hydrogens is 339 g/mol. The van der Waals surface area contributed by atoms with Crippen LogP contribution in [0.2, 0.25) is 0 Å². The Morgan fingerprint density at radius 1 is 1.35 bits per heavy atom. The van der Waals surface area contributed by atoms with Crippen LogP contribution in [0.1, 0.15) is 18.4 Å². The number of hydrogen-bond donors (Lipinski definition) is 2. The molecule has 1 fully saturated rings. The Morgan fingerprint density at radius 3 is 2.20 bits per heavy atom. The Morgan fingerprint density at radius 2 is 1.85 bits per heavy atom. The smallest absolute Gasteiger partial charge is 0.475 e. The second-order valence-corrected chi connectivity index (χ2v) is 5.32. The summed E-state index contributed by atoms with van der Waals surface area (Å²) in [6.45, 7) is 1.21. The van der Waals surface area contributed by atoms with Gasteiger partial charge in [0.15, 0.2) is 0 Å². The van der Waals surface area contributed by atoms with Gasteiger partial charge in [0.2, 0.25) is 0 Å². The lowest BCUT2D eigenvalue weighted by molar-refractivity contribution is -0.192. The summed E-state index contributed by atoms with van der Waals surface area (Å²) in [5.41, 5.74) is 1.44. The van der Waals surface area contributed by atoms with Crippen LogP contribution in [0.15, 0.2) is 28.7 Å². The lowest BCUT2D eigenvalue weighted by Crippen LogP contribution is -2.42. The standard InChI is InChI=1S/C11H14BrN.C2HF3O2/c12-10-4-1-9(2-5-10)3-6-11-7-8-13-11;3-2(4,5)1(6)7/h1-2,4-5,11,13H,3,6-8H2;(H,6,7). The maximum atomic E-state index is 10.6. The minimum atomic E-state index is -5.08. The fourth-order valence-electron chi connectivity index (χ4n) is 1.59. The SMILES string of the molecule is Brc1ccc(CCC2CCN2)cc1.O=C(O)C(F)(F)F. The first kappa shape index (κ1) is 17.0. The van der Waals surface area contributed by atoms with E-state index in [9.17, 15) is 13.2 Å². The van der Waals surface area contributed by atoms with Crippen LogP contribution in [0.4, 0.5) is 13.2 Å². The number of rotatable bonds is 3. The van der Waals surface area contributed by atoms with Gasteiger partial charge in [-0.2, -0.15) is 13.2 Å². The lowest BCUT2D eigenvalue weighted by atomic mass is 9.99. The third-order valence-electron chi connectivity index (χ3n) is 2.86. The summed E-state index contributed by atoms with van der Waals surface area (Å²) in [4.78, 5) is 8.90. The van der Waals surface area contributed by atoms with Gasteiger partial charge in [-0.3, -0.25) is 0 Å². The summed E-state index contributed by atoms with van der Waals surface area (Å²) in [5, 5.41) is 10.5. The predicted octanol–water partition coefficient (Wildman–Crippen LogP) is 3.38. The summed E-state index contributed by atoms with van der Waals surface area (Å²) in [5.74, 6) is -2.76. The summed E-state index contributed by atoms with van der Waals surface area (Å²) in [6.07, 6.45) is -1.25. The third kappa shape index (κ3) is 6.38. The van der Waals surface area contributed by atoms with E-state index in [1.807, 2.05) is 0 Å². The molecule has 1 aliphatic rings. The normalized spacial score (nSPS) is 17.7. The molecule has 20 heavy (non-hydrogen) atoms. The largest absolute Gasteiger partial charge is 0.490 e. The van der Waals surface area contributed by atoms with Crippen LogP contribution in [-0.2, 0) is 11.2 Å². The number of alkyl halides is 3. The van der Waals surface area contributed by atoms with Crippen LogP contribution in [-0.4, -0.2) is 29.8 Å². The summed E-state index contributed by atoms with van der Waals surface area (Å²) >= 11 is 3.44. The first-order valence-electron chi connectivity index (χ1n) is 6.07. The highest BCUT2D eigenvalue weighted by atomic mass is 79.9. The molecular formula is C13H15BrF3NO2. The number of halogens is 4. The number of carboxylic acid groups (broad SMARTS) is 1. The van der Waals surface area contributed by atoms with E-state index in [2.05, 4.69) is 45.5 Å². The number of aliphatic carboxylic acids is 1. The zero-order valence-electron chi connectivity index (χ0n) is 10.6. The zero-order chi connectivity index (χ0) is 15.2. The fraction of sp³-hybridized carbons (Fsp3) is 0.462. The van der Waals surface area contributed by atoms with Gasteiger partial charge in [0.25, 0.3) is 0 Å². The molecule has 3 nitrogen and oxygen atoms in total. The molecule has 0 radical (unpaired) electrons. The Labute approximate surface area is 123 Å². The van der Waals surface area contributed by atoms with Gasteiger partial charge in [0.1, 0.15) is 0 Å². The number of benzene rings is 1. The second-order valence-electron chi connectivity index (χ2n) is 4.41. The van der Waals surface area contributed by atoms with Crippen molar-refractivity contribution >= 4 is 21.9 Å². The molecule has 1 unspecified atom stereocenters. The molecule has 2 rings (SSSR count). The molecule has 0 aliphatic carbocycles. The van der Waals surface area contributed by atoms with E-state index in [0.717, 1.165) is 10.5 Å². The lowest BCUT2D eigenvalue weighted by Gasteiger charge is -2.27. The van der Waals surface area contributed by atoms with Crippen LogP contribution in [0, 0.1) is 0 Å². The number of nitrogens with one attached hydrogen (secondary N) is 1. The molecule has 1 atom stereocenters. The van der Waals surface area contributed by atoms with Crippen LogP contribution >= 0.6 is 15.9 Å². The van der Waals surface area contributed by atoms with Crippen LogP contribution < -0.4 is 5.32 Å². The molecule has 0 saturated carbocycles. The van der Waals surface area contributed by atoms with Crippen molar-refractivity contribution in [2.45, 2.75) is 31.5 Å². The maximum Gasteiger partial charge on any atom is 0.490 e. The van der Waals surface area contributed by atoms with Crippen LogP contribution in [0.5, 0.6) is 0 Å². The molecule has 7 heteroatoms. The molecule has 1 heterocycles. The molecule has 0 bridgehead atoms. The van der Waals surface area contributed by atoms with Gasteiger partial charge >= 0.3 is 12.1 Å². The van der Waals surface area contributed by atoms with Gasteiger partial charge in [0.05, 0.1) is 0 Å². The maximum absolute atomic E-state index is 10.6. The molecule has 1 aliphatic heterocycles. The van der Waals surface area contributed by atoms with Gasteiger partial charge in [-0.1, -0.05) is 28.1 Å². The van der Waals surface area contributed by atoms with Crippen molar-refractivity contribution in [1.29, 1.82) is 0 Å². The van der Waals surface area contributed by atoms with Crippen molar-refractivity contribution in [3.63, 3.8) is 0 Å². The average Bonchev–Trinajstić information content (AvgIpc) is 2.29. The van der Waals surface area contributed by atoms with Gasteiger partial charge in [-0.15, -0.1) is 0 Å². The van der Waals surface area contributed by atoms with Gasteiger partial charge < -0.3 is 10.4 Å². The van der Waals surface area contributed by atoms with Crippen molar-refractivity contribution in [1.82, 2.24) is 5.32 Å². The van der Waals surface area contributed by atoms with Crippen LogP contribution in [0.3, 0.4) is 0 Å². The minimum absolute atomic E-state index is 0.781. The minimum Gasteiger partial charge on any atom is -0.475 e. The Hall–Kier alpha value is -1.08. The highest BCUT2D eigenvalue weighted by Crippen LogP contribution is 2.15. The highest BCUT2D eigenvalue weighted by Gasteiger charge is 2.38. The van der Waals surface area contributed by atoms with Crippen molar-refractivity contribution in [2.75, 3.05) is 6.54 Å². The number of carboxylic acids is 1. The highest BCUT2D eigenvalue weighted by molar-refractivity contribution is 9.10. The number of carbonyl (C=O) groups is 1. The summed E-state index contributed by atoms with van der Waals surface area (Å²) in [7, 11) is 0. The molecule has 0 amide bonds. The Bertz CT molecular complexity index is 430. The monoisotopic (exact) mass is 353 g/mol. The van der Waals surface area contributed by atoms with E-state index in [1.54, 1.807) is 0 Å². The summed E-state index contributed by atoms with van der Waals surface area (Å²) in [6, 6.07) is 9.40. The van der Waals surface area contributed by atoms with E-state index >= 15 is 0 Å². The van der Waals surface area contributed by atoms with Crippen molar-refractivity contribution in [3.05, 3.63) is 34.3 Å². The van der Waals surface area contributed by atoms with Gasteiger partial charge in [-0.25, -0.2) is 4.79 Å². The zero-order valence-corrected chi connectivity index (χ0v) is 12.2. The molecule has 0 spiro atoms. The first-order valence-corrected chi connectivity index (χ1v) is 6.86. The molecule has 1 aromatic rings. The van der Waals surface area contributed by atoms with Crippen molar-refractivity contribution in [2.24, 2.45) is 0 Å². The van der Waals surface area contributed by atoms with Crippen molar-refractivity contribution in [3.8, 4) is 0 Å². The van der Waals surface area contributed by atoms with E-state index in [0.29, 0.717) is 0 Å². The van der Waals surface area contributed by atoms with E-state index in [-0.39, 0.29) is 0 Å². The predicted molar refractivity (Wildman–Crippen MR) is 72.6 cm³/mol. The Kier molecular flexibility index (Phi) is 6.48. The molecule has 1 saturated heterocycles. The molecule has 2 N–H and O–H groups in total. The number of aryl methyl sites for hydroxylation is 1. The average molecular weight is 354 g/mol. The fourth-order valence-corrected chi connectivity index (χ4v) is 1.85. The second kappa shape index (κ2) is 7.64. The third-order valence-corrected chi connectivity index (χ3v) is 3.39. The Balaban J connectivity index is 0.000000246. The van der Waals surface area contributed by atoms with Gasteiger partial charge in [0, 0.05) is 10.5 Å². The molecule has 0 aromatic heterocycles. The first-order chi connectivity index (χ1) is 9.29. The molecule has 112 valence electrons. The summed E-state index contributed by atoms with van der Waals surface area (Å²) < 4.78 is 32.9.